The molecule has 1 rings (SSSR count). The SMILES string of the molecule is N[C@@H](CO)C(=O)c1nnnc(C(=O)[C@@H](N)CO)c1C(=O)[C@@H](N)CO. The molecule has 0 radical (unpaired) electrons. The Morgan fingerprint density at radius 1 is 0.750 bits per heavy atom. The molecule has 132 valence electrons. The normalized spacial score (nSPS) is 14.8. The fraction of sp³-hybridized carbons (Fsp3) is 0.500. The van der Waals surface area contributed by atoms with Crippen molar-refractivity contribution in [2.24, 2.45) is 17.2 Å². The van der Waals surface area contributed by atoms with Crippen molar-refractivity contribution in [1.29, 1.82) is 0 Å². The van der Waals surface area contributed by atoms with Gasteiger partial charge in [0.2, 0.25) is 11.6 Å². The number of carbonyl (C=O) groups is 3. The lowest BCUT2D eigenvalue weighted by Crippen LogP contribution is -2.42. The van der Waals surface area contributed by atoms with Crippen LogP contribution in [-0.4, -0.2) is 86.0 Å². The fourth-order valence-corrected chi connectivity index (χ4v) is 1.69. The van der Waals surface area contributed by atoms with Crippen LogP contribution in [0.25, 0.3) is 0 Å². The van der Waals surface area contributed by atoms with Crippen molar-refractivity contribution >= 4 is 17.3 Å². The Labute approximate surface area is 135 Å². The Kier molecular flexibility index (Phi) is 7.09. The van der Waals surface area contributed by atoms with Crippen LogP contribution in [-0.2, 0) is 0 Å². The summed E-state index contributed by atoms with van der Waals surface area (Å²) < 4.78 is 0. The summed E-state index contributed by atoms with van der Waals surface area (Å²) in [7, 11) is 0. The quantitative estimate of drug-likeness (QED) is 0.233. The van der Waals surface area contributed by atoms with Crippen LogP contribution in [0.2, 0.25) is 0 Å². The lowest BCUT2D eigenvalue weighted by Gasteiger charge is -2.15. The largest absolute Gasteiger partial charge is 0.394 e. The van der Waals surface area contributed by atoms with Crippen molar-refractivity contribution in [3.05, 3.63) is 17.0 Å². The molecule has 0 aromatic carbocycles. The lowest BCUT2D eigenvalue weighted by atomic mass is 9.94. The Hall–Kier alpha value is -2.22. The van der Waals surface area contributed by atoms with Gasteiger partial charge in [-0.2, -0.15) is 0 Å². The van der Waals surface area contributed by atoms with Gasteiger partial charge in [-0.15, -0.1) is 10.2 Å². The van der Waals surface area contributed by atoms with Crippen LogP contribution in [0.4, 0.5) is 0 Å². The summed E-state index contributed by atoms with van der Waals surface area (Å²) in [5.74, 6) is -2.97. The molecule has 0 aliphatic carbocycles. The van der Waals surface area contributed by atoms with Gasteiger partial charge in [0.15, 0.2) is 5.78 Å². The maximum atomic E-state index is 12.3. The second-order valence-corrected chi connectivity index (χ2v) is 4.82. The van der Waals surface area contributed by atoms with Gasteiger partial charge in [0.25, 0.3) is 0 Å². The van der Waals surface area contributed by atoms with Crippen LogP contribution in [0, 0.1) is 0 Å². The van der Waals surface area contributed by atoms with Crippen LogP contribution in [0.3, 0.4) is 0 Å². The molecule has 0 amide bonds. The maximum absolute atomic E-state index is 12.3. The predicted molar refractivity (Wildman–Crippen MR) is 78.0 cm³/mol. The highest BCUT2D eigenvalue weighted by Gasteiger charge is 2.33. The van der Waals surface area contributed by atoms with Crippen molar-refractivity contribution in [3.63, 3.8) is 0 Å². The highest BCUT2D eigenvalue weighted by molar-refractivity contribution is 6.16. The van der Waals surface area contributed by atoms with Crippen LogP contribution >= 0.6 is 0 Å². The van der Waals surface area contributed by atoms with E-state index in [1.54, 1.807) is 0 Å². The molecule has 3 atom stereocenters. The van der Waals surface area contributed by atoms with E-state index in [1.807, 2.05) is 0 Å². The van der Waals surface area contributed by atoms with Crippen LogP contribution in [0.1, 0.15) is 31.3 Å². The van der Waals surface area contributed by atoms with E-state index in [1.165, 1.54) is 0 Å². The number of ketones is 3. The molecule has 9 N–H and O–H groups in total. The van der Waals surface area contributed by atoms with E-state index in [-0.39, 0.29) is 0 Å². The molecule has 0 saturated carbocycles. The fourth-order valence-electron chi connectivity index (χ4n) is 1.69. The van der Waals surface area contributed by atoms with E-state index >= 15 is 0 Å². The lowest BCUT2D eigenvalue weighted by molar-refractivity contribution is 0.0868. The molecular weight excluding hydrogens is 324 g/mol. The van der Waals surface area contributed by atoms with Gasteiger partial charge < -0.3 is 32.5 Å². The van der Waals surface area contributed by atoms with Crippen molar-refractivity contribution in [1.82, 2.24) is 15.4 Å². The Balaban J connectivity index is 3.58. The summed E-state index contributed by atoms with van der Waals surface area (Å²) in [5.41, 5.74) is 14.4. The highest BCUT2D eigenvalue weighted by Crippen LogP contribution is 2.15. The number of hydrogen-bond donors (Lipinski definition) is 6. The first-order chi connectivity index (χ1) is 11.3. The number of aromatic nitrogens is 3. The molecule has 12 heteroatoms. The average Bonchev–Trinajstić information content (AvgIpc) is 2.63. The summed E-state index contributed by atoms with van der Waals surface area (Å²) in [5, 5.41) is 37.0. The molecule has 0 spiro atoms. The van der Waals surface area contributed by atoms with E-state index in [4.69, 9.17) is 32.5 Å². The standard InChI is InChI=1S/C12H18N6O6/c13-4(1-19)10(22)7-8(11(23)5(14)2-20)16-18-17-9(7)12(24)6(15)3-21/h4-6,19-21H,1-3,13-15H2/t4-,5-,6-/m0/s1. The molecule has 0 aliphatic heterocycles. The van der Waals surface area contributed by atoms with Crippen molar-refractivity contribution in [2.75, 3.05) is 19.8 Å². The number of aliphatic hydroxyl groups excluding tert-OH is 3. The molecule has 0 aliphatic rings. The summed E-state index contributed by atoms with van der Waals surface area (Å²) in [6.07, 6.45) is 0. The van der Waals surface area contributed by atoms with Gasteiger partial charge in [0.1, 0.15) is 11.4 Å². The monoisotopic (exact) mass is 342 g/mol. The van der Waals surface area contributed by atoms with Crippen LogP contribution < -0.4 is 17.2 Å². The van der Waals surface area contributed by atoms with Gasteiger partial charge in [0, 0.05) is 0 Å². The second kappa shape index (κ2) is 8.58. The first kappa shape index (κ1) is 19.8. The van der Waals surface area contributed by atoms with E-state index in [9.17, 15) is 14.4 Å². The first-order valence-electron chi connectivity index (χ1n) is 6.75. The average molecular weight is 342 g/mol. The maximum Gasteiger partial charge on any atom is 0.202 e. The molecule has 0 fully saturated rings. The van der Waals surface area contributed by atoms with E-state index < -0.39 is 72.2 Å². The van der Waals surface area contributed by atoms with Crippen LogP contribution in [0.15, 0.2) is 0 Å². The Morgan fingerprint density at radius 2 is 1.08 bits per heavy atom. The number of carbonyl (C=O) groups excluding carboxylic acids is 3. The minimum atomic E-state index is -1.47. The number of nitrogens with zero attached hydrogens (tertiary/aromatic N) is 3. The zero-order valence-electron chi connectivity index (χ0n) is 12.5. The van der Waals surface area contributed by atoms with E-state index in [0.29, 0.717) is 0 Å². The molecule has 0 bridgehead atoms. The van der Waals surface area contributed by atoms with E-state index in [2.05, 4.69) is 15.4 Å². The number of hydrogen-bond acceptors (Lipinski definition) is 12. The van der Waals surface area contributed by atoms with Crippen molar-refractivity contribution in [2.45, 2.75) is 18.1 Å². The van der Waals surface area contributed by atoms with Crippen molar-refractivity contribution < 1.29 is 29.7 Å². The van der Waals surface area contributed by atoms with Gasteiger partial charge in [0.05, 0.1) is 43.5 Å². The zero-order chi connectivity index (χ0) is 18.4. The number of aliphatic hydroxyl groups is 3. The molecule has 1 aromatic rings. The first-order valence-corrected chi connectivity index (χ1v) is 6.75. The van der Waals surface area contributed by atoms with Gasteiger partial charge in [-0.1, -0.05) is 0 Å². The van der Waals surface area contributed by atoms with Gasteiger partial charge in [-0.25, -0.2) is 0 Å². The number of Topliss-reactive ketones (excluding diaryl/α,β-unsaturated/α-hetero) is 3. The van der Waals surface area contributed by atoms with Crippen LogP contribution in [0.5, 0.6) is 0 Å². The summed E-state index contributed by atoms with van der Waals surface area (Å²) >= 11 is 0. The minimum Gasteiger partial charge on any atom is -0.394 e. The Morgan fingerprint density at radius 3 is 1.42 bits per heavy atom. The van der Waals surface area contributed by atoms with E-state index in [0.717, 1.165) is 0 Å². The second-order valence-electron chi connectivity index (χ2n) is 4.82. The summed E-state index contributed by atoms with van der Waals surface area (Å²) in [4.78, 5) is 36.7. The third-order valence-corrected chi connectivity index (χ3v) is 3.08. The minimum absolute atomic E-state index is 0.616. The summed E-state index contributed by atoms with van der Waals surface area (Å²) in [6.45, 7) is -2.27. The predicted octanol–water partition coefficient (Wildman–Crippen LogP) is -4.62. The Bertz CT molecular complexity index is 598. The number of rotatable bonds is 9. The molecular formula is C12H18N6O6. The van der Waals surface area contributed by atoms with Gasteiger partial charge in [-0.05, 0) is 5.21 Å². The molecule has 24 heavy (non-hydrogen) atoms. The molecule has 12 nitrogen and oxygen atoms in total. The van der Waals surface area contributed by atoms with Gasteiger partial charge in [-0.3, -0.25) is 14.4 Å². The summed E-state index contributed by atoms with van der Waals surface area (Å²) in [6, 6.07) is -4.31. The third-order valence-electron chi connectivity index (χ3n) is 3.08. The molecule has 0 unspecified atom stereocenters. The zero-order valence-corrected chi connectivity index (χ0v) is 12.5. The third kappa shape index (κ3) is 4.00. The smallest absolute Gasteiger partial charge is 0.202 e. The highest BCUT2D eigenvalue weighted by atomic mass is 16.3. The number of nitrogens with two attached hydrogens (primary N) is 3. The molecule has 1 aromatic heterocycles. The van der Waals surface area contributed by atoms with Crippen molar-refractivity contribution in [3.8, 4) is 0 Å². The van der Waals surface area contributed by atoms with Gasteiger partial charge >= 0.3 is 0 Å². The molecule has 0 saturated heterocycles. The topological polar surface area (TPSA) is 229 Å². The molecule has 1 heterocycles.